The Labute approximate surface area is 63.5 Å². The summed E-state index contributed by atoms with van der Waals surface area (Å²) in [6, 6.07) is -1.23. The van der Waals surface area contributed by atoms with Gasteiger partial charge in [0.1, 0.15) is 0 Å². The van der Waals surface area contributed by atoms with Crippen molar-refractivity contribution in [2.75, 3.05) is 7.11 Å². The largest absolute Gasteiger partial charge is 0.469 e. The molecule has 5 heteroatoms. The van der Waals surface area contributed by atoms with Crippen LogP contribution >= 0.6 is 0 Å². The molecule has 0 aliphatic rings. The van der Waals surface area contributed by atoms with E-state index in [0.717, 1.165) is 0 Å². The molecular weight excluding hydrogens is 156 g/mol. The summed E-state index contributed by atoms with van der Waals surface area (Å²) in [6.07, 6.45) is -2.66. The molecule has 0 aromatic rings. The van der Waals surface area contributed by atoms with Crippen molar-refractivity contribution in [3.63, 3.8) is 0 Å². The van der Waals surface area contributed by atoms with Crippen LogP contribution in [-0.4, -0.2) is 25.5 Å². The summed E-state index contributed by atoms with van der Waals surface area (Å²) in [5, 5.41) is 0. The second-order valence-corrected chi connectivity index (χ2v) is 2.11. The molecule has 0 aromatic heterocycles. The highest BCUT2D eigenvalue weighted by atomic mass is 19.3. The van der Waals surface area contributed by atoms with E-state index in [-0.39, 0.29) is 12.8 Å². The van der Waals surface area contributed by atoms with Crippen molar-refractivity contribution in [3.8, 4) is 0 Å². The molecule has 0 saturated carbocycles. The van der Waals surface area contributed by atoms with E-state index in [9.17, 15) is 13.6 Å². The predicted molar refractivity (Wildman–Crippen MR) is 35.2 cm³/mol. The zero-order valence-corrected chi connectivity index (χ0v) is 6.22. The van der Waals surface area contributed by atoms with Gasteiger partial charge in [0.25, 0.3) is 6.43 Å². The van der Waals surface area contributed by atoms with Gasteiger partial charge in [0.2, 0.25) is 0 Å². The van der Waals surface area contributed by atoms with Gasteiger partial charge >= 0.3 is 5.97 Å². The average Bonchev–Trinajstić information content (AvgIpc) is 1.99. The molecule has 0 rings (SSSR count). The molecule has 0 aromatic carbocycles. The van der Waals surface area contributed by atoms with Crippen LogP contribution in [0.3, 0.4) is 0 Å². The van der Waals surface area contributed by atoms with E-state index in [4.69, 9.17) is 5.73 Å². The van der Waals surface area contributed by atoms with Crippen LogP contribution in [0.25, 0.3) is 0 Å². The highest BCUT2D eigenvalue weighted by Crippen LogP contribution is 2.05. The monoisotopic (exact) mass is 167 g/mol. The van der Waals surface area contributed by atoms with Crippen molar-refractivity contribution in [1.29, 1.82) is 0 Å². The molecule has 0 unspecified atom stereocenters. The molecule has 0 amide bonds. The number of methoxy groups -OCH3 is 1. The van der Waals surface area contributed by atoms with Gasteiger partial charge in [0.15, 0.2) is 0 Å². The van der Waals surface area contributed by atoms with Gasteiger partial charge in [-0.05, 0) is 6.42 Å². The Hall–Kier alpha value is -0.710. The van der Waals surface area contributed by atoms with Crippen LogP contribution in [0.5, 0.6) is 0 Å². The summed E-state index contributed by atoms with van der Waals surface area (Å²) in [7, 11) is 1.20. The number of ether oxygens (including phenoxy) is 1. The molecule has 0 radical (unpaired) electrons. The Morgan fingerprint density at radius 2 is 2.18 bits per heavy atom. The molecule has 0 aliphatic heterocycles. The van der Waals surface area contributed by atoms with E-state index in [1.165, 1.54) is 7.11 Å². The van der Waals surface area contributed by atoms with Crippen molar-refractivity contribution >= 4 is 5.97 Å². The number of carbonyl (C=O) groups is 1. The summed E-state index contributed by atoms with van der Waals surface area (Å²) in [4.78, 5) is 10.4. The number of rotatable bonds is 4. The van der Waals surface area contributed by atoms with Crippen LogP contribution in [-0.2, 0) is 9.53 Å². The number of nitrogens with two attached hydrogens (primary N) is 1. The van der Waals surface area contributed by atoms with Gasteiger partial charge in [0.05, 0.1) is 13.2 Å². The first-order valence-electron chi connectivity index (χ1n) is 3.18. The van der Waals surface area contributed by atoms with Gasteiger partial charge in [-0.2, -0.15) is 0 Å². The zero-order chi connectivity index (χ0) is 8.85. The fourth-order valence-corrected chi connectivity index (χ4v) is 0.513. The standard InChI is InChI=1S/C6H11F2NO2/c1-11-5(10)3-2-4(9)6(7)8/h4,6H,2-3,9H2,1H3/t4-/m1/s1. The number of esters is 1. The minimum absolute atomic E-state index is 0.0374. The summed E-state index contributed by atoms with van der Waals surface area (Å²) in [5.74, 6) is -0.513. The highest BCUT2D eigenvalue weighted by Gasteiger charge is 2.16. The maximum Gasteiger partial charge on any atom is 0.305 e. The van der Waals surface area contributed by atoms with Crippen molar-refractivity contribution < 1.29 is 18.3 Å². The maximum atomic E-state index is 11.7. The second-order valence-electron chi connectivity index (χ2n) is 2.11. The van der Waals surface area contributed by atoms with Crippen LogP contribution in [0.1, 0.15) is 12.8 Å². The zero-order valence-electron chi connectivity index (χ0n) is 6.22. The fraction of sp³-hybridized carbons (Fsp3) is 0.833. The average molecular weight is 167 g/mol. The topological polar surface area (TPSA) is 52.3 Å². The molecule has 1 atom stereocenters. The fourth-order valence-electron chi connectivity index (χ4n) is 0.513. The van der Waals surface area contributed by atoms with Gasteiger partial charge < -0.3 is 10.5 Å². The van der Waals surface area contributed by atoms with Gasteiger partial charge in [-0.1, -0.05) is 0 Å². The van der Waals surface area contributed by atoms with Crippen LogP contribution in [0, 0.1) is 0 Å². The second kappa shape index (κ2) is 5.01. The van der Waals surface area contributed by atoms with E-state index in [0.29, 0.717) is 0 Å². The maximum absolute atomic E-state index is 11.7. The highest BCUT2D eigenvalue weighted by molar-refractivity contribution is 5.69. The predicted octanol–water partition coefficient (Wildman–Crippen LogP) is 0.532. The van der Waals surface area contributed by atoms with E-state index in [1.807, 2.05) is 0 Å². The third kappa shape index (κ3) is 4.66. The van der Waals surface area contributed by atoms with Crippen LogP contribution in [0.15, 0.2) is 0 Å². The van der Waals surface area contributed by atoms with Crippen molar-refractivity contribution in [2.24, 2.45) is 5.73 Å². The molecule has 0 fully saturated rings. The lowest BCUT2D eigenvalue weighted by atomic mass is 10.2. The third-order valence-electron chi connectivity index (χ3n) is 1.23. The number of hydrogen-bond acceptors (Lipinski definition) is 3. The molecule has 66 valence electrons. The number of carbonyl (C=O) groups excluding carboxylic acids is 1. The van der Waals surface area contributed by atoms with Crippen molar-refractivity contribution in [3.05, 3.63) is 0 Å². The Morgan fingerprint density at radius 1 is 1.64 bits per heavy atom. The summed E-state index contributed by atoms with van der Waals surface area (Å²) < 4.78 is 27.7. The lowest BCUT2D eigenvalue weighted by Gasteiger charge is -2.07. The first-order chi connectivity index (χ1) is 5.07. The SMILES string of the molecule is COC(=O)CC[C@@H](N)C(F)F. The van der Waals surface area contributed by atoms with Gasteiger partial charge in [-0.15, -0.1) is 0 Å². The first-order valence-corrected chi connectivity index (χ1v) is 3.18. The summed E-state index contributed by atoms with van der Waals surface area (Å²) >= 11 is 0. The Balaban J connectivity index is 3.45. The minimum atomic E-state index is -2.57. The van der Waals surface area contributed by atoms with E-state index < -0.39 is 18.4 Å². The number of alkyl halides is 2. The summed E-state index contributed by atoms with van der Waals surface area (Å²) in [6.45, 7) is 0. The van der Waals surface area contributed by atoms with Crippen LogP contribution in [0.2, 0.25) is 0 Å². The molecule has 0 aliphatic carbocycles. The van der Waals surface area contributed by atoms with Gasteiger partial charge in [0, 0.05) is 6.42 Å². The lowest BCUT2D eigenvalue weighted by Crippen LogP contribution is -2.29. The molecule has 2 N–H and O–H groups in total. The Morgan fingerprint density at radius 3 is 2.55 bits per heavy atom. The van der Waals surface area contributed by atoms with Crippen molar-refractivity contribution in [1.82, 2.24) is 0 Å². The van der Waals surface area contributed by atoms with E-state index >= 15 is 0 Å². The summed E-state index contributed by atoms with van der Waals surface area (Å²) in [5.41, 5.74) is 4.96. The van der Waals surface area contributed by atoms with Crippen LogP contribution in [0.4, 0.5) is 8.78 Å². The molecular formula is C6H11F2NO2. The van der Waals surface area contributed by atoms with Crippen LogP contribution < -0.4 is 5.73 Å². The lowest BCUT2D eigenvalue weighted by molar-refractivity contribution is -0.140. The normalized spacial score (nSPS) is 13.2. The first kappa shape index (κ1) is 10.3. The van der Waals surface area contributed by atoms with Crippen molar-refractivity contribution in [2.45, 2.75) is 25.3 Å². The molecule has 0 bridgehead atoms. The molecule has 11 heavy (non-hydrogen) atoms. The Kier molecular flexibility index (Phi) is 4.69. The molecule has 0 spiro atoms. The van der Waals surface area contributed by atoms with E-state index in [2.05, 4.69) is 4.74 Å². The number of hydrogen-bond donors (Lipinski definition) is 1. The quantitative estimate of drug-likeness (QED) is 0.621. The van der Waals surface area contributed by atoms with Gasteiger partial charge in [-0.25, -0.2) is 8.78 Å². The molecule has 3 nitrogen and oxygen atoms in total. The Bertz CT molecular complexity index is 130. The molecule has 0 heterocycles. The van der Waals surface area contributed by atoms with Gasteiger partial charge in [-0.3, -0.25) is 4.79 Å². The smallest absolute Gasteiger partial charge is 0.305 e. The third-order valence-corrected chi connectivity index (χ3v) is 1.23. The minimum Gasteiger partial charge on any atom is -0.469 e. The van der Waals surface area contributed by atoms with E-state index in [1.54, 1.807) is 0 Å². The number of halogens is 2. The molecule has 0 saturated heterocycles.